The minimum absolute atomic E-state index is 0.0743. The predicted molar refractivity (Wildman–Crippen MR) is 124 cm³/mol. The summed E-state index contributed by atoms with van der Waals surface area (Å²) < 4.78 is 28.7. The molecular formula is C22H27N3O4S2. The predicted octanol–water partition coefficient (Wildman–Crippen LogP) is 3.62. The zero-order chi connectivity index (χ0) is 22.6. The number of carbonyl (C=O) groups is 2. The van der Waals surface area contributed by atoms with Crippen molar-refractivity contribution < 1.29 is 18.0 Å². The van der Waals surface area contributed by atoms with Crippen molar-refractivity contribution in [3.63, 3.8) is 0 Å². The smallest absolute Gasteiger partial charge is 0.242 e. The molecule has 1 aliphatic heterocycles. The van der Waals surface area contributed by atoms with Crippen molar-refractivity contribution in [3.05, 3.63) is 48.0 Å². The van der Waals surface area contributed by atoms with Crippen LogP contribution in [-0.4, -0.2) is 32.5 Å². The Morgan fingerprint density at radius 2 is 1.90 bits per heavy atom. The van der Waals surface area contributed by atoms with E-state index in [1.165, 1.54) is 6.07 Å². The van der Waals surface area contributed by atoms with Crippen LogP contribution >= 0.6 is 11.8 Å². The third-order valence-corrected chi connectivity index (χ3v) is 7.24. The molecule has 0 bridgehead atoms. The molecule has 3 rings (SSSR count). The molecule has 0 radical (unpaired) electrons. The molecule has 2 aromatic carbocycles. The summed E-state index contributed by atoms with van der Waals surface area (Å²) >= 11 is 1.56. The van der Waals surface area contributed by atoms with Crippen LogP contribution in [0.15, 0.2) is 52.3 Å². The van der Waals surface area contributed by atoms with E-state index in [1.807, 2.05) is 24.5 Å². The average molecular weight is 462 g/mol. The van der Waals surface area contributed by atoms with Crippen LogP contribution in [0.2, 0.25) is 0 Å². The molecule has 1 unspecified atom stereocenters. The average Bonchev–Trinajstić information content (AvgIpc) is 2.91. The van der Waals surface area contributed by atoms with Gasteiger partial charge in [-0.05, 0) is 67.0 Å². The molecule has 0 aliphatic carbocycles. The minimum atomic E-state index is -3.94. The Labute approximate surface area is 187 Å². The summed E-state index contributed by atoms with van der Waals surface area (Å²) in [4.78, 5) is 25.7. The molecule has 9 heteroatoms. The highest BCUT2D eigenvalue weighted by molar-refractivity contribution is 7.98. The molecule has 0 saturated carbocycles. The molecule has 166 valence electrons. The molecule has 1 atom stereocenters. The van der Waals surface area contributed by atoms with Gasteiger partial charge in [0.25, 0.3) is 0 Å². The van der Waals surface area contributed by atoms with Crippen molar-refractivity contribution in [3.8, 4) is 0 Å². The second-order valence-corrected chi connectivity index (χ2v) is 10.4. The summed E-state index contributed by atoms with van der Waals surface area (Å²) in [6.45, 7) is 3.58. The Bertz CT molecular complexity index is 1080. The SMILES string of the molecule is CSc1cccc(NC(=O)C(NS(=O)(=O)c2ccc3c(c2)CCCC(=O)N3)C(C)C)c1. The van der Waals surface area contributed by atoms with E-state index in [0.29, 0.717) is 30.6 Å². The lowest BCUT2D eigenvalue weighted by atomic mass is 10.0. The van der Waals surface area contributed by atoms with Gasteiger partial charge in [0, 0.05) is 22.7 Å². The van der Waals surface area contributed by atoms with E-state index in [-0.39, 0.29) is 16.7 Å². The van der Waals surface area contributed by atoms with Crippen LogP contribution in [0.1, 0.15) is 32.3 Å². The molecule has 1 aliphatic rings. The summed E-state index contributed by atoms with van der Waals surface area (Å²) in [5.74, 6) is -0.757. The summed E-state index contributed by atoms with van der Waals surface area (Å²) in [5.41, 5.74) is 2.02. The third kappa shape index (κ3) is 5.87. The van der Waals surface area contributed by atoms with E-state index in [9.17, 15) is 18.0 Å². The Kier molecular flexibility index (Phi) is 7.40. The zero-order valence-electron chi connectivity index (χ0n) is 17.8. The van der Waals surface area contributed by atoms with Crippen LogP contribution in [-0.2, 0) is 26.0 Å². The highest BCUT2D eigenvalue weighted by atomic mass is 32.2. The van der Waals surface area contributed by atoms with Gasteiger partial charge in [-0.15, -0.1) is 11.8 Å². The molecule has 2 amide bonds. The Morgan fingerprint density at radius 3 is 2.61 bits per heavy atom. The normalized spacial score (nSPS) is 15.0. The Balaban J connectivity index is 1.80. The lowest BCUT2D eigenvalue weighted by molar-refractivity contribution is -0.118. The van der Waals surface area contributed by atoms with E-state index in [1.54, 1.807) is 43.8 Å². The van der Waals surface area contributed by atoms with Crippen LogP contribution in [0, 0.1) is 5.92 Å². The number of hydrogen-bond acceptors (Lipinski definition) is 5. The van der Waals surface area contributed by atoms with Gasteiger partial charge in [-0.2, -0.15) is 4.72 Å². The molecule has 2 aromatic rings. The first-order chi connectivity index (χ1) is 14.7. The molecule has 31 heavy (non-hydrogen) atoms. The lowest BCUT2D eigenvalue weighted by Gasteiger charge is -2.22. The summed E-state index contributed by atoms with van der Waals surface area (Å²) in [5, 5.41) is 5.60. The van der Waals surface area contributed by atoms with Gasteiger partial charge in [0.1, 0.15) is 6.04 Å². The van der Waals surface area contributed by atoms with Crippen LogP contribution in [0.3, 0.4) is 0 Å². The largest absolute Gasteiger partial charge is 0.326 e. The number of rotatable bonds is 7. The first-order valence-electron chi connectivity index (χ1n) is 10.1. The second kappa shape index (κ2) is 9.84. The molecule has 0 saturated heterocycles. The number of fused-ring (bicyclic) bond motifs is 1. The van der Waals surface area contributed by atoms with Crippen LogP contribution in [0.4, 0.5) is 11.4 Å². The number of aryl methyl sites for hydroxylation is 1. The first kappa shape index (κ1) is 23.3. The number of sulfonamides is 1. The zero-order valence-corrected chi connectivity index (χ0v) is 19.4. The summed E-state index contributed by atoms with van der Waals surface area (Å²) in [6.07, 6.45) is 3.61. The molecular weight excluding hydrogens is 434 g/mol. The number of nitrogens with one attached hydrogen (secondary N) is 3. The van der Waals surface area contributed by atoms with E-state index in [0.717, 1.165) is 10.5 Å². The van der Waals surface area contributed by atoms with Crippen LogP contribution in [0.25, 0.3) is 0 Å². The monoisotopic (exact) mass is 461 g/mol. The second-order valence-electron chi connectivity index (χ2n) is 7.78. The number of thioether (sulfide) groups is 1. The number of hydrogen-bond donors (Lipinski definition) is 3. The number of carbonyl (C=O) groups excluding carboxylic acids is 2. The standard InChI is InChI=1S/C22H27N3O4S2/c1-14(2)21(22(27)23-16-7-5-8-17(13-16)30-3)25-31(28,29)18-10-11-19-15(12-18)6-4-9-20(26)24-19/h5,7-8,10-14,21,25H,4,6,9H2,1-3H3,(H,23,27)(H,24,26). The van der Waals surface area contributed by atoms with Crippen LogP contribution < -0.4 is 15.4 Å². The fraction of sp³-hybridized carbons (Fsp3) is 0.364. The number of benzene rings is 2. The van der Waals surface area contributed by atoms with Gasteiger partial charge in [-0.1, -0.05) is 19.9 Å². The van der Waals surface area contributed by atoms with Crippen molar-refractivity contribution in [1.29, 1.82) is 0 Å². The van der Waals surface area contributed by atoms with E-state index < -0.39 is 22.0 Å². The molecule has 0 aromatic heterocycles. The minimum Gasteiger partial charge on any atom is -0.326 e. The van der Waals surface area contributed by atoms with E-state index in [2.05, 4.69) is 15.4 Å². The molecule has 0 spiro atoms. The Morgan fingerprint density at radius 1 is 1.13 bits per heavy atom. The third-order valence-electron chi connectivity index (χ3n) is 5.08. The maximum atomic E-state index is 13.1. The fourth-order valence-electron chi connectivity index (χ4n) is 3.37. The van der Waals surface area contributed by atoms with Gasteiger partial charge in [-0.25, -0.2) is 8.42 Å². The van der Waals surface area contributed by atoms with Gasteiger partial charge in [0.15, 0.2) is 0 Å². The van der Waals surface area contributed by atoms with Crippen molar-refractivity contribution >= 4 is 45.0 Å². The lowest BCUT2D eigenvalue weighted by Crippen LogP contribution is -2.47. The molecule has 1 heterocycles. The van der Waals surface area contributed by atoms with Crippen molar-refractivity contribution in [2.75, 3.05) is 16.9 Å². The first-order valence-corrected chi connectivity index (χ1v) is 12.8. The summed E-state index contributed by atoms with van der Waals surface area (Å²) in [7, 11) is -3.94. The van der Waals surface area contributed by atoms with Crippen LogP contribution in [0.5, 0.6) is 0 Å². The van der Waals surface area contributed by atoms with E-state index >= 15 is 0 Å². The maximum absolute atomic E-state index is 13.1. The van der Waals surface area contributed by atoms with E-state index in [4.69, 9.17) is 0 Å². The van der Waals surface area contributed by atoms with Crippen molar-refractivity contribution in [2.24, 2.45) is 5.92 Å². The summed E-state index contributed by atoms with van der Waals surface area (Å²) in [6, 6.07) is 11.1. The molecule has 3 N–H and O–H groups in total. The molecule has 0 fully saturated rings. The number of anilines is 2. The fourth-order valence-corrected chi connectivity index (χ4v) is 5.22. The maximum Gasteiger partial charge on any atom is 0.242 e. The van der Waals surface area contributed by atoms with Gasteiger partial charge in [0.2, 0.25) is 21.8 Å². The van der Waals surface area contributed by atoms with Gasteiger partial charge in [0.05, 0.1) is 4.90 Å². The highest BCUT2D eigenvalue weighted by Gasteiger charge is 2.29. The Hall–Kier alpha value is -2.36. The topological polar surface area (TPSA) is 104 Å². The van der Waals surface area contributed by atoms with Gasteiger partial charge >= 0.3 is 0 Å². The number of amides is 2. The van der Waals surface area contributed by atoms with Gasteiger partial charge < -0.3 is 10.6 Å². The van der Waals surface area contributed by atoms with Crippen molar-refractivity contribution in [2.45, 2.75) is 48.9 Å². The molecule has 7 nitrogen and oxygen atoms in total. The van der Waals surface area contributed by atoms with Gasteiger partial charge in [-0.3, -0.25) is 9.59 Å². The highest BCUT2D eigenvalue weighted by Crippen LogP contribution is 2.26. The van der Waals surface area contributed by atoms with Crippen molar-refractivity contribution in [1.82, 2.24) is 4.72 Å². The quantitative estimate of drug-likeness (QED) is 0.546.